The fraction of sp³-hybridized carbons (Fsp3) is 0.500. The molecule has 4 nitrogen and oxygen atoms in total. The summed E-state index contributed by atoms with van der Waals surface area (Å²) in [5.74, 6) is 0.0779. The van der Waals surface area contributed by atoms with E-state index in [1.165, 1.54) is 4.31 Å². The van der Waals surface area contributed by atoms with Gasteiger partial charge in [0.15, 0.2) is 0 Å². The zero-order valence-electron chi connectivity index (χ0n) is 10.3. The van der Waals surface area contributed by atoms with Crippen LogP contribution >= 0.6 is 15.9 Å². The Hall–Kier alpha value is -0.430. The summed E-state index contributed by atoms with van der Waals surface area (Å²) in [5.41, 5.74) is 0.936. The highest BCUT2D eigenvalue weighted by atomic mass is 79.9. The van der Waals surface area contributed by atoms with Crippen molar-refractivity contribution in [2.45, 2.75) is 19.4 Å². The minimum atomic E-state index is -3.25. The average molecular weight is 336 g/mol. The van der Waals surface area contributed by atoms with Crippen molar-refractivity contribution in [2.75, 3.05) is 19.4 Å². The van der Waals surface area contributed by atoms with E-state index < -0.39 is 10.0 Å². The largest absolute Gasteiger partial charge is 0.396 e. The highest BCUT2D eigenvalue weighted by Gasteiger charge is 2.18. The highest BCUT2D eigenvalue weighted by molar-refractivity contribution is 9.10. The van der Waals surface area contributed by atoms with Crippen LogP contribution in [0.4, 0.5) is 0 Å². The lowest BCUT2D eigenvalue weighted by Crippen LogP contribution is -2.29. The van der Waals surface area contributed by atoms with Gasteiger partial charge in [-0.15, -0.1) is 0 Å². The van der Waals surface area contributed by atoms with Crippen molar-refractivity contribution < 1.29 is 13.5 Å². The summed E-state index contributed by atoms with van der Waals surface area (Å²) >= 11 is 3.40. The Bertz CT molecular complexity index is 476. The van der Waals surface area contributed by atoms with Crippen LogP contribution in [-0.4, -0.2) is 37.2 Å². The molecule has 0 aliphatic rings. The number of halogens is 1. The van der Waals surface area contributed by atoms with Gasteiger partial charge in [-0.25, -0.2) is 12.7 Å². The molecule has 0 saturated carbocycles. The van der Waals surface area contributed by atoms with E-state index in [2.05, 4.69) is 15.9 Å². The second-order valence-corrected chi connectivity index (χ2v) is 7.14. The van der Waals surface area contributed by atoms with Crippen LogP contribution in [0.15, 0.2) is 28.7 Å². The van der Waals surface area contributed by atoms with Gasteiger partial charge in [-0.2, -0.15) is 0 Å². The van der Waals surface area contributed by atoms with Crippen LogP contribution in [0.3, 0.4) is 0 Å². The standard InChI is InChI=1S/C12H18BrNO3S/c1-14(18(16,17)9-5-4-8-15)10-11-6-2-3-7-12(11)13/h2-3,6-7,15H,4-5,8-10H2,1H3. The van der Waals surface area contributed by atoms with Crippen LogP contribution in [-0.2, 0) is 16.6 Å². The Balaban J connectivity index is 2.64. The van der Waals surface area contributed by atoms with Crippen LogP contribution in [0, 0.1) is 0 Å². The van der Waals surface area contributed by atoms with Crippen LogP contribution in [0.2, 0.25) is 0 Å². The average Bonchev–Trinajstić information content (AvgIpc) is 2.32. The van der Waals surface area contributed by atoms with Gasteiger partial charge < -0.3 is 5.11 Å². The molecular weight excluding hydrogens is 318 g/mol. The lowest BCUT2D eigenvalue weighted by molar-refractivity contribution is 0.287. The van der Waals surface area contributed by atoms with Gasteiger partial charge in [-0.05, 0) is 24.5 Å². The van der Waals surface area contributed by atoms with Crippen molar-refractivity contribution in [2.24, 2.45) is 0 Å². The minimum absolute atomic E-state index is 0.0312. The molecule has 0 spiro atoms. The van der Waals surface area contributed by atoms with E-state index >= 15 is 0 Å². The van der Waals surface area contributed by atoms with Gasteiger partial charge in [-0.1, -0.05) is 34.1 Å². The number of hydrogen-bond donors (Lipinski definition) is 1. The van der Waals surface area contributed by atoms with E-state index in [9.17, 15) is 8.42 Å². The first-order chi connectivity index (χ1) is 8.47. The first kappa shape index (κ1) is 15.6. The van der Waals surface area contributed by atoms with Gasteiger partial charge in [-0.3, -0.25) is 0 Å². The summed E-state index contributed by atoms with van der Waals surface area (Å²) < 4.78 is 26.2. The maximum atomic E-state index is 11.9. The Morgan fingerprint density at radius 3 is 2.56 bits per heavy atom. The van der Waals surface area contributed by atoms with Gasteiger partial charge in [0.05, 0.1) is 5.75 Å². The van der Waals surface area contributed by atoms with Gasteiger partial charge in [0.1, 0.15) is 0 Å². The van der Waals surface area contributed by atoms with E-state index in [1.807, 2.05) is 24.3 Å². The molecule has 1 rings (SSSR count). The minimum Gasteiger partial charge on any atom is -0.396 e. The van der Waals surface area contributed by atoms with Gasteiger partial charge in [0.2, 0.25) is 10.0 Å². The Morgan fingerprint density at radius 2 is 1.94 bits per heavy atom. The fourth-order valence-corrected chi connectivity index (χ4v) is 3.14. The molecule has 0 aliphatic carbocycles. The Kier molecular flexibility index (Phi) is 6.28. The smallest absolute Gasteiger partial charge is 0.214 e. The molecule has 0 amide bonds. The summed E-state index contributed by atoms with van der Waals surface area (Å²) in [7, 11) is -1.67. The third-order valence-corrected chi connectivity index (χ3v) is 5.29. The van der Waals surface area contributed by atoms with Crippen LogP contribution in [0.25, 0.3) is 0 Å². The predicted molar refractivity (Wildman–Crippen MR) is 75.7 cm³/mol. The molecule has 1 aromatic carbocycles. The zero-order chi connectivity index (χ0) is 13.6. The topological polar surface area (TPSA) is 57.6 Å². The quantitative estimate of drug-likeness (QED) is 0.775. The molecule has 0 aromatic heterocycles. The van der Waals surface area contributed by atoms with E-state index in [0.29, 0.717) is 19.4 Å². The van der Waals surface area contributed by atoms with Crippen molar-refractivity contribution in [1.82, 2.24) is 4.31 Å². The third-order valence-electron chi connectivity index (χ3n) is 2.64. The molecule has 0 fully saturated rings. The summed E-state index contributed by atoms with van der Waals surface area (Å²) in [6.07, 6.45) is 1.00. The predicted octanol–water partition coefficient (Wildman–Crippen LogP) is 1.98. The second kappa shape index (κ2) is 7.23. The lowest BCUT2D eigenvalue weighted by atomic mass is 10.2. The first-order valence-corrected chi connectivity index (χ1v) is 8.16. The number of benzene rings is 1. The highest BCUT2D eigenvalue weighted by Crippen LogP contribution is 2.18. The van der Waals surface area contributed by atoms with Crippen molar-refractivity contribution in [3.05, 3.63) is 34.3 Å². The summed E-state index contributed by atoms with van der Waals surface area (Å²) in [6.45, 7) is 0.381. The SMILES string of the molecule is CN(Cc1ccccc1Br)S(=O)(=O)CCCCO. The van der Waals surface area contributed by atoms with Crippen molar-refractivity contribution in [3.63, 3.8) is 0 Å². The van der Waals surface area contributed by atoms with Crippen LogP contribution in [0.5, 0.6) is 0 Å². The molecule has 0 saturated heterocycles. The van der Waals surface area contributed by atoms with E-state index in [4.69, 9.17) is 5.11 Å². The number of unbranched alkanes of at least 4 members (excludes halogenated alkanes) is 1. The molecule has 0 heterocycles. The van der Waals surface area contributed by atoms with E-state index in [1.54, 1.807) is 7.05 Å². The Labute approximate surface area is 117 Å². The molecule has 0 unspecified atom stereocenters. The summed E-state index contributed by atoms with van der Waals surface area (Å²) in [4.78, 5) is 0. The molecule has 1 N–H and O–H groups in total. The maximum absolute atomic E-state index is 11.9. The van der Waals surface area contributed by atoms with E-state index in [0.717, 1.165) is 10.0 Å². The number of sulfonamides is 1. The number of nitrogens with zero attached hydrogens (tertiary/aromatic N) is 1. The molecule has 0 atom stereocenters. The molecule has 0 bridgehead atoms. The fourth-order valence-electron chi connectivity index (χ4n) is 1.52. The Morgan fingerprint density at radius 1 is 1.28 bits per heavy atom. The lowest BCUT2D eigenvalue weighted by Gasteiger charge is -2.17. The molecular formula is C12H18BrNO3S. The number of aliphatic hydroxyl groups is 1. The van der Waals surface area contributed by atoms with Crippen molar-refractivity contribution >= 4 is 26.0 Å². The molecule has 18 heavy (non-hydrogen) atoms. The van der Waals surface area contributed by atoms with Gasteiger partial charge >= 0.3 is 0 Å². The summed E-state index contributed by atoms with van der Waals surface area (Å²) in [5, 5.41) is 8.66. The first-order valence-electron chi connectivity index (χ1n) is 5.75. The van der Waals surface area contributed by atoms with Gasteiger partial charge in [0, 0.05) is 24.7 Å². The van der Waals surface area contributed by atoms with Crippen LogP contribution < -0.4 is 0 Å². The molecule has 6 heteroatoms. The van der Waals surface area contributed by atoms with Crippen molar-refractivity contribution in [3.8, 4) is 0 Å². The van der Waals surface area contributed by atoms with E-state index in [-0.39, 0.29) is 12.4 Å². The molecule has 0 radical (unpaired) electrons. The molecule has 102 valence electrons. The zero-order valence-corrected chi connectivity index (χ0v) is 12.7. The number of rotatable bonds is 7. The maximum Gasteiger partial charge on any atom is 0.214 e. The number of hydrogen-bond acceptors (Lipinski definition) is 3. The summed E-state index contributed by atoms with van der Waals surface area (Å²) in [6, 6.07) is 7.56. The monoisotopic (exact) mass is 335 g/mol. The van der Waals surface area contributed by atoms with Crippen LogP contribution in [0.1, 0.15) is 18.4 Å². The second-order valence-electron chi connectivity index (χ2n) is 4.09. The molecule has 0 aliphatic heterocycles. The molecule has 1 aromatic rings. The number of aliphatic hydroxyl groups excluding tert-OH is 1. The van der Waals surface area contributed by atoms with Gasteiger partial charge in [0.25, 0.3) is 0 Å². The third kappa shape index (κ3) is 4.68. The normalized spacial score (nSPS) is 12.0. The van der Waals surface area contributed by atoms with Crippen molar-refractivity contribution in [1.29, 1.82) is 0 Å².